The van der Waals surface area contributed by atoms with Crippen LogP contribution in [0, 0.1) is 12.8 Å². The number of piperidine rings is 1. The van der Waals surface area contributed by atoms with E-state index in [0.29, 0.717) is 0 Å². The highest BCUT2D eigenvalue weighted by atomic mass is 16.3. The maximum atomic E-state index is 9.89. The number of hydrogen-bond donors (Lipinski definition) is 1. The summed E-state index contributed by atoms with van der Waals surface area (Å²) in [5.41, 5.74) is 4.10. The average Bonchev–Trinajstić information content (AvgIpc) is 2.53. The van der Waals surface area contributed by atoms with Gasteiger partial charge in [-0.3, -0.25) is 4.90 Å². The minimum Gasteiger partial charge on any atom is -0.394 e. The molecule has 1 saturated heterocycles. The molecule has 1 N–H and O–H groups in total. The van der Waals surface area contributed by atoms with Gasteiger partial charge in [-0.1, -0.05) is 30.7 Å². The highest BCUT2D eigenvalue weighted by molar-refractivity contribution is 5.36. The molecule has 1 fully saturated rings. The molecule has 0 amide bonds. The lowest BCUT2D eigenvalue weighted by Crippen LogP contribution is -2.43. The van der Waals surface area contributed by atoms with Crippen molar-refractivity contribution in [3.05, 3.63) is 34.9 Å². The van der Waals surface area contributed by atoms with E-state index in [1.54, 1.807) is 0 Å². The summed E-state index contributed by atoms with van der Waals surface area (Å²) in [6, 6.07) is 6.88. The summed E-state index contributed by atoms with van der Waals surface area (Å²) in [4.78, 5) is 5.08. The molecule has 122 valence electrons. The van der Waals surface area contributed by atoms with E-state index in [9.17, 15) is 5.11 Å². The molecule has 0 bridgehead atoms. The van der Waals surface area contributed by atoms with E-state index >= 15 is 0 Å². The molecule has 0 aromatic heterocycles. The van der Waals surface area contributed by atoms with Crippen LogP contribution in [0.2, 0.25) is 0 Å². The van der Waals surface area contributed by atoms with Gasteiger partial charge in [-0.25, -0.2) is 0 Å². The molecule has 3 nitrogen and oxygen atoms in total. The van der Waals surface area contributed by atoms with E-state index in [-0.39, 0.29) is 12.6 Å². The van der Waals surface area contributed by atoms with Crippen LogP contribution in [0.4, 0.5) is 0 Å². The second kappa shape index (κ2) is 7.12. The summed E-state index contributed by atoms with van der Waals surface area (Å²) < 4.78 is 0. The lowest BCUT2D eigenvalue weighted by atomic mass is 9.91. The standard InChI is InChI=1S/C19H30N2O/c1-15-5-8-20(9-6-15)11-12-21-10-7-17-13-16(2)3-4-18(17)19(21)14-22/h3-4,13,15,19,22H,5-12,14H2,1-2H3. The summed E-state index contributed by atoms with van der Waals surface area (Å²) in [7, 11) is 0. The highest BCUT2D eigenvalue weighted by Crippen LogP contribution is 2.30. The van der Waals surface area contributed by atoms with Crippen LogP contribution in [0.15, 0.2) is 18.2 Å². The van der Waals surface area contributed by atoms with Crippen molar-refractivity contribution in [2.45, 2.75) is 39.2 Å². The van der Waals surface area contributed by atoms with Gasteiger partial charge in [0.05, 0.1) is 12.6 Å². The van der Waals surface area contributed by atoms with Crippen molar-refractivity contribution in [3.8, 4) is 0 Å². The first kappa shape index (κ1) is 16.0. The Morgan fingerprint density at radius 3 is 2.64 bits per heavy atom. The zero-order valence-electron chi connectivity index (χ0n) is 14.1. The Hall–Kier alpha value is -0.900. The third-order valence-electron chi connectivity index (χ3n) is 5.52. The number of fused-ring (bicyclic) bond motifs is 1. The number of aliphatic hydroxyl groups is 1. The summed E-state index contributed by atoms with van der Waals surface area (Å²) in [5, 5.41) is 9.89. The molecular weight excluding hydrogens is 272 g/mol. The maximum Gasteiger partial charge on any atom is 0.0628 e. The van der Waals surface area contributed by atoms with Gasteiger partial charge in [-0.05, 0) is 56.3 Å². The molecule has 0 aliphatic carbocycles. The van der Waals surface area contributed by atoms with Gasteiger partial charge in [0.25, 0.3) is 0 Å². The first-order valence-corrected chi connectivity index (χ1v) is 8.84. The number of hydrogen-bond acceptors (Lipinski definition) is 3. The van der Waals surface area contributed by atoms with E-state index in [1.807, 2.05) is 0 Å². The van der Waals surface area contributed by atoms with Crippen LogP contribution in [0.25, 0.3) is 0 Å². The molecule has 0 spiro atoms. The van der Waals surface area contributed by atoms with Crippen LogP contribution in [-0.2, 0) is 6.42 Å². The monoisotopic (exact) mass is 302 g/mol. The number of aryl methyl sites for hydroxylation is 1. The molecule has 1 atom stereocenters. The van der Waals surface area contributed by atoms with Crippen molar-refractivity contribution >= 4 is 0 Å². The first-order chi connectivity index (χ1) is 10.7. The lowest BCUT2D eigenvalue weighted by Gasteiger charge is -2.38. The molecule has 1 aromatic rings. The number of benzene rings is 1. The van der Waals surface area contributed by atoms with Gasteiger partial charge in [-0.15, -0.1) is 0 Å². The van der Waals surface area contributed by atoms with Crippen LogP contribution in [0.5, 0.6) is 0 Å². The molecule has 22 heavy (non-hydrogen) atoms. The average molecular weight is 302 g/mol. The predicted octanol–water partition coefficient (Wildman–Crippen LogP) is 2.62. The second-order valence-electron chi connectivity index (χ2n) is 7.21. The van der Waals surface area contributed by atoms with Crippen molar-refractivity contribution in [3.63, 3.8) is 0 Å². The Morgan fingerprint density at radius 2 is 1.91 bits per heavy atom. The van der Waals surface area contributed by atoms with E-state index in [0.717, 1.165) is 32.0 Å². The maximum absolute atomic E-state index is 9.89. The summed E-state index contributed by atoms with van der Waals surface area (Å²) in [6.45, 7) is 10.5. The van der Waals surface area contributed by atoms with Crippen molar-refractivity contribution in [1.82, 2.24) is 9.80 Å². The molecule has 2 heterocycles. The van der Waals surface area contributed by atoms with Gasteiger partial charge in [-0.2, -0.15) is 0 Å². The third kappa shape index (κ3) is 3.53. The molecule has 3 heteroatoms. The highest BCUT2D eigenvalue weighted by Gasteiger charge is 2.27. The third-order valence-corrected chi connectivity index (χ3v) is 5.52. The van der Waals surface area contributed by atoms with Crippen molar-refractivity contribution in [1.29, 1.82) is 0 Å². The van der Waals surface area contributed by atoms with Crippen LogP contribution in [-0.4, -0.2) is 54.2 Å². The lowest BCUT2D eigenvalue weighted by molar-refractivity contribution is 0.0925. The van der Waals surface area contributed by atoms with Gasteiger partial charge in [0.15, 0.2) is 0 Å². The predicted molar refractivity (Wildman–Crippen MR) is 91.1 cm³/mol. The SMILES string of the molecule is Cc1ccc2c(c1)CCN(CCN1CCC(C)CC1)C2CO. The van der Waals surface area contributed by atoms with Gasteiger partial charge >= 0.3 is 0 Å². The molecule has 0 radical (unpaired) electrons. The van der Waals surface area contributed by atoms with Gasteiger partial charge in [0.1, 0.15) is 0 Å². The molecule has 0 saturated carbocycles. The van der Waals surface area contributed by atoms with Crippen molar-refractivity contribution < 1.29 is 5.11 Å². The number of aliphatic hydroxyl groups excluding tert-OH is 1. The Bertz CT molecular complexity index is 494. The van der Waals surface area contributed by atoms with E-state index in [2.05, 4.69) is 41.8 Å². The summed E-state index contributed by atoms with van der Waals surface area (Å²) in [6.07, 6.45) is 3.79. The zero-order valence-corrected chi connectivity index (χ0v) is 14.1. The van der Waals surface area contributed by atoms with Crippen molar-refractivity contribution in [2.24, 2.45) is 5.92 Å². The quantitative estimate of drug-likeness (QED) is 0.926. The Labute approximate surface area is 134 Å². The minimum absolute atomic E-state index is 0.188. The Balaban J connectivity index is 1.61. The molecular formula is C19H30N2O. The fourth-order valence-corrected chi connectivity index (χ4v) is 3.93. The smallest absolute Gasteiger partial charge is 0.0628 e. The summed E-state index contributed by atoms with van der Waals surface area (Å²) in [5.74, 6) is 0.895. The molecule has 1 aromatic carbocycles. The topological polar surface area (TPSA) is 26.7 Å². The number of rotatable bonds is 4. The number of nitrogens with zero attached hydrogens (tertiary/aromatic N) is 2. The Kier molecular flexibility index (Phi) is 5.17. The Morgan fingerprint density at radius 1 is 1.14 bits per heavy atom. The zero-order chi connectivity index (χ0) is 15.5. The van der Waals surface area contributed by atoms with Crippen LogP contribution in [0.3, 0.4) is 0 Å². The first-order valence-electron chi connectivity index (χ1n) is 8.84. The van der Waals surface area contributed by atoms with E-state index in [1.165, 1.54) is 42.6 Å². The van der Waals surface area contributed by atoms with Gasteiger partial charge < -0.3 is 10.0 Å². The van der Waals surface area contributed by atoms with Gasteiger partial charge in [0, 0.05) is 19.6 Å². The van der Waals surface area contributed by atoms with Crippen molar-refractivity contribution in [2.75, 3.05) is 39.3 Å². The molecule has 2 aliphatic heterocycles. The van der Waals surface area contributed by atoms with Crippen LogP contribution < -0.4 is 0 Å². The van der Waals surface area contributed by atoms with Crippen LogP contribution in [0.1, 0.15) is 42.5 Å². The fourth-order valence-electron chi connectivity index (χ4n) is 3.93. The van der Waals surface area contributed by atoms with E-state index in [4.69, 9.17) is 0 Å². The summed E-state index contributed by atoms with van der Waals surface area (Å²) >= 11 is 0. The largest absolute Gasteiger partial charge is 0.394 e. The van der Waals surface area contributed by atoms with E-state index < -0.39 is 0 Å². The minimum atomic E-state index is 0.188. The molecule has 3 rings (SSSR count). The molecule has 1 unspecified atom stereocenters. The second-order valence-corrected chi connectivity index (χ2v) is 7.21. The van der Waals surface area contributed by atoms with Crippen LogP contribution >= 0.6 is 0 Å². The fraction of sp³-hybridized carbons (Fsp3) is 0.684. The molecule has 2 aliphatic rings. The van der Waals surface area contributed by atoms with Gasteiger partial charge in [0.2, 0.25) is 0 Å². The normalized spacial score (nSPS) is 24.4. The number of likely N-dealkylation sites (tertiary alicyclic amines) is 1.